The molecule has 0 saturated heterocycles. The van der Waals surface area contributed by atoms with E-state index in [1.165, 1.54) is 38.5 Å². The fourth-order valence-corrected chi connectivity index (χ4v) is 2.73. The van der Waals surface area contributed by atoms with Crippen molar-refractivity contribution in [3.8, 4) is 0 Å². The van der Waals surface area contributed by atoms with Gasteiger partial charge in [-0.2, -0.15) is 0 Å². The number of nitrogens with one attached hydrogen (secondary N) is 1. The van der Waals surface area contributed by atoms with Crippen molar-refractivity contribution in [2.24, 2.45) is 11.3 Å². The maximum atomic E-state index is 3.77. The lowest BCUT2D eigenvalue weighted by atomic mass is 9.98. The molecule has 0 aromatic heterocycles. The van der Waals surface area contributed by atoms with Crippen LogP contribution >= 0.6 is 0 Å². The summed E-state index contributed by atoms with van der Waals surface area (Å²) >= 11 is 0. The first kappa shape index (κ1) is 13.8. The van der Waals surface area contributed by atoms with Gasteiger partial charge < -0.3 is 5.32 Å². The molecule has 1 aliphatic carbocycles. The van der Waals surface area contributed by atoms with Crippen LogP contribution in [0.5, 0.6) is 0 Å². The van der Waals surface area contributed by atoms with E-state index in [-0.39, 0.29) is 0 Å². The third-order valence-corrected chi connectivity index (χ3v) is 3.97. The second-order valence-corrected chi connectivity index (χ2v) is 5.89. The van der Waals surface area contributed by atoms with Crippen LogP contribution in [0.4, 0.5) is 0 Å². The van der Waals surface area contributed by atoms with Gasteiger partial charge in [-0.05, 0) is 43.6 Å². The van der Waals surface area contributed by atoms with Crippen molar-refractivity contribution < 1.29 is 0 Å². The molecule has 0 aromatic carbocycles. The summed E-state index contributed by atoms with van der Waals surface area (Å²) in [5.41, 5.74) is 0.605. The molecular weight excluding hydrogens is 194 g/mol. The number of allylic oxidation sites excluding steroid dienone is 1. The lowest BCUT2D eigenvalue weighted by molar-refractivity contribution is 0.379. The second kappa shape index (κ2) is 6.44. The van der Waals surface area contributed by atoms with E-state index in [4.69, 9.17) is 0 Å². The SMILES string of the molecule is C=CCCCCCC(NCC)C1CC1(C)C. The van der Waals surface area contributed by atoms with Crippen LogP contribution in [0.1, 0.15) is 59.3 Å². The lowest BCUT2D eigenvalue weighted by Crippen LogP contribution is -2.32. The van der Waals surface area contributed by atoms with Gasteiger partial charge in [0.25, 0.3) is 0 Å². The summed E-state index contributed by atoms with van der Waals surface area (Å²) in [4.78, 5) is 0. The minimum absolute atomic E-state index is 0.605. The Morgan fingerprint density at radius 2 is 2.06 bits per heavy atom. The van der Waals surface area contributed by atoms with E-state index < -0.39 is 0 Å². The van der Waals surface area contributed by atoms with E-state index >= 15 is 0 Å². The fourth-order valence-electron chi connectivity index (χ4n) is 2.73. The van der Waals surface area contributed by atoms with Gasteiger partial charge in [0.2, 0.25) is 0 Å². The summed E-state index contributed by atoms with van der Waals surface area (Å²) < 4.78 is 0. The smallest absolute Gasteiger partial charge is 0.0100 e. The number of hydrogen-bond donors (Lipinski definition) is 1. The molecule has 2 atom stereocenters. The minimum Gasteiger partial charge on any atom is -0.314 e. The Kier molecular flexibility index (Phi) is 5.54. The molecule has 0 spiro atoms. The van der Waals surface area contributed by atoms with Gasteiger partial charge in [0.15, 0.2) is 0 Å². The first-order valence-corrected chi connectivity index (χ1v) is 6.96. The Labute approximate surface area is 102 Å². The van der Waals surface area contributed by atoms with E-state index in [0.717, 1.165) is 18.5 Å². The van der Waals surface area contributed by atoms with Crippen molar-refractivity contribution in [2.45, 2.75) is 65.3 Å². The summed E-state index contributed by atoms with van der Waals surface area (Å²) in [5.74, 6) is 0.923. The quantitative estimate of drug-likeness (QED) is 0.457. The van der Waals surface area contributed by atoms with Gasteiger partial charge >= 0.3 is 0 Å². The highest BCUT2D eigenvalue weighted by molar-refractivity contribution is 5.01. The molecule has 0 bridgehead atoms. The molecule has 0 aliphatic heterocycles. The Hall–Kier alpha value is -0.300. The molecule has 0 heterocycles. The van der Waals surface area contributed by atoms with Gasteiger partial charge in [-0.1, -0.05) is 39.7 Å². The zero-order valence-electron chi connectivity index (χ0n) is 11.4. The molecule has 1 rings (SSSR count). The largest absolute Gasteiger partial charge is 0.314 e. The van der Waals surface area contributed by atoms with E-state index in [1.807, 2.05) is 6.08 Å². The fraction of sp³-hybridized carbons (Fsp3) is 0.867. The standard InChI is InChI=1S/C15H29N/c1-5-7-8-9-10-11-14(16-6-2)13-12-15(13,3)4/h5,13-14,16H,1,6-12H2,2-4H3. The minimum atomic E-state index is 0.605. The molecule has 1 heteroatoms. The predicted molar refractivity (Wildman–Crippen MR) is 72.6 cm³/mol. The molecule has 1 fully saturated rings. The molecule has 0 amide bonds. The molecule has 0 radical (unpaired) electrons. The van der Waals surface area contributed by atoms with Gasteiger partial charge in [0.1, 0.15) is 0 Å². The molecular formula is C15H29N. The molecule has 1 nitrogen and oxygen atoms in total. The van der Waals surface area contributed by atoms with E-state index in [2.05, 4.69) is 32.7 Å². The van der Waals surface area contributed by atoms with Gasteiger partial charge in [0, 0.05) is 6.04 Å². The van der Waals surface area contributed by atoms with Crippen molar-refractivity contribution >= 4 is 0 Å². The van der Waals surface area contributed by atoms with Gasteiger partial charge in [0.05, 0.1) is 0 Å². The van der Waals surface area contributed by atoms with Crippen LogP contribution in [0.2, 0.25) is 0 Å². The van der Waals surface area contributed by atoms with Crippen molar-refractivity contribution in [1.82, 2.24) is 5.32 Å². The zero-order valence-corrected chi connectivity index (χ0v) is 11.4. The van der Waals surface area contributed by atoms with Crippen LogP contribution in [0.15, 0.2) is 12.7 Å². The first-order chi connectivity index (χ1) is 7.61. The molecule has 0 aromatic rings. The average molecular weight is 223 g/mol. The van der Waals surface area contributed by atoms with Crippen molar-refractivity contribution in [3.05, 3.63) is 12.7 Å². The van der Waals surface area contributed by atoms with Crippen molar-refractivity contribution in [3.63, 3.8) is 0 Å². The average Bonchev–Trinajstić information content (AvgIpc) is 2.86. The Bertz CT molecular complexity index is 207. The van der Waals surface area contributed by atoms with Crippen molar-refractivity contribution in [1.29, 1.82) is 0 Å². The maximum absolute atomic E-state index is 3.77. The zero-order chi connectivity index (χ0) is 12.0. The van der Waals surface area contributed by atoms with E-state index in [1.54, 1.807) is 0 Å². The van der Waals surface area contributed by atoms with Crippen LogP contribution in [0, 0.1) is 11.3 Å². The summed E-state index contributed by atoms with van der Waals surface area (Å²) in [5, 5.41) is 3.67. The van der Waals surface area contributed by atoms with E-state index in [0.29, 0.717) is 5.41 Å². The number of hydrogen-bond acceptors (Lipinski definition) is 1. The van der Waals surface area contributed by atoms with Crippen LogP contribution in [0.25, 0.3) is 0 Å². The van der Waals surface area contributed by atoms with Gasteiger partial charge in [-0.25, -0.2) is 0 Å². The monoisotopic (exact) mass is 223 g/mol. The third-order valence-electron chi connectivity index (χ3n) is 3.97. The Morgan fingerprint density at radius 1 is 1.38 bits per heavy atom. The molecule has 1 saturated carbocycles. The van der Waals surface area contributed by atoms with Crippen LogP contribution < -0.4 is 5.32 Å². The third kappa shape index (κ3) is 4.29. The van der Waals surface area contributed by atoms with Crippen LogP contribution in [0.3, 0.4) is 0 Å². The van der Waals surface area contributed by atoms with Gasteiger partial charge in [-0.15, -0.1) is 6.58 Å². The molecule has 1 N–H and O–H groups in total. The van der Waals surface area contributed by atoms with Gasteiger partial charge in [-0.3, -0.25) is 0 Å². The lowest BCUT2D eigenvalue weighted by Gasteiger charge is -2.19. The highest BCUT2D eigenvalue weighted by Gasteiger charge is 2.49. The summed E-state index contributed by atoms with van der Waals surface area (Å²) in [6.07, 6.45) is 10.0. The van der Waals surface area contributed by atoms with Crippen LogP contribution in [-0.2, 0) is 0 Å². The van der Waals surface area contributed by atoms with E-state index in [9.17, 15) is 0 Å². The molecule has 94 valence electrons. The van der Waals surface area contributed by atoms with Crippen molar-refractivity contribution in [2.75, 3.05) is 6.54 Å². The molecule has 16 heavy (non-hydrogen) atoms. The summed E-state index contributed by atoms with van der Waals surface area (Å²) in [6, 6.07) is 0.767. The normalized spacial score (nSPS) is 24.1. The van der Waals surface area contributed by atoms with Crippen LogP contribution in [-0.4, -0.2) is 12.6 Å². The number of unbranched alkanes of at least 4 members (excludes halogenated alkanes) is 3. The Morgan fingerprint density at radius 3 is 2.56 bits per heavy atom. The summed E-state index contributed by atoms with van der Waals surface area (Å²) in [7, 11) is 0. The maximum Gasteiger partial charge on any atom is 0.0100 e. The first-order valence-electron chi connectivity index (χ1n) is 6.96. The second-order valence-electron chi connectivity index (χ2n) is 5.89. The Balaban J connectivity index is 2.16. The summed E-state index contributed by atoms with van der Waals surface area (Å²) in [6.45, 7) is 11.9. The highest BCUT2D eigenvalue weighted by Crippen LogP contribution is 2.54. The molecule has 1 aliphatic rings. The predicted octanol–water partition coefficient (Wildman–Crippen LogP) is 4.15. The molecule has 2 unspecified atom stereocenters. The highest BCUT2D eigenvalue weighted by atomic mass is 14.9. The topological polar surface area (TPSA) is 12.0 Å². The number of rotatable bonds is 9.